The van der Waals surface area contributed by atoms with Crippen molar-refractivity contribution in [2.24, 2.45) is 0 Å². The summed E-state index contributed by atoms with van der Waals surface area (Å²) in [6, 6.07) is 4.38. The van der Waals surface area contributed by atoms with Crippen molar-refractivity contribution in [3.05, 3.63) is 33.9 Å². The molecular weight excluding hydrogens is 270 g/mol. The summed E-state index contributed by atoms with van der Waals surface area (Å²) in [6.45, 7) is 1.81. The normalized spacial score (nSPS) is 16.0. The van der Waals surface area contributed by atoms with Crippen LogP contribution in [0.5, 0.6) is 0 Å². The number of nitrogens with zero attached hydrogens (tertiary/aromatic N) is 1. The summed E-state index contributed by atoms with van der Waals surface area (Å²) in [4.78, 5) is 22.4. The van der Waals surface area contributed by atoms with E-state index in [9.17, 15) is 14.9 Å². The number of nitro groups is 1. The zero-order valence-corrected chi connectivity index (χ0v) is 12.2. The predicted octanol–water partition coefficient (Wildman–Crippen LogP) is 3.75. The summed E-state index contributed by atoms with van der Waals surface area (Å²) in [7, 11) is 0. The fourth-order valence-corrected chi connectivity index (χ4v) is 2.63. The molecule has 1 aliphatic rings. The van der Waals surface area contributed by atoms with Crippen molar-refractivity contribution in [3.63, 3.8) is 0 Å². The zero-order chi connectivity index (χ0) is 15.2. The van der Waals surface area contributed by atoms with E-state index in [4.69, 9.17) is 0 Å². The number of nitrogens with one attached hydrogen (secondary N) is 2. The van der Waals surface area contributed by atoms with Gasteiger partial charge in [-0.05, 0) is 25.3 Å². The van der Waals surface area contributed by atoms with Gasteiger partial charge in [0.25, 0.3) is 5.69 Å². The number of benzene rings is 1. The number of carbonyl (C=O) groups excluding carboxylic acids is 1. The van der Waals surface area contributed by atoms with Gasteiger partial charge >= 0.3 is 6.03 Å². The molecule has 1 fully saturated rings. The summed E-state index contributed by atoms with van der Waals surface area (Å²) >= 11 is 0. The van der Waals surface area contributed by atoms with E-state index < -0.39 is 4.92 Å². The molecule has 6 nitrogen and oxygen atoms in total. The lowest BCUT2D eigenvalue weighted by Gasteiger charge is -2.17. The Balaban J connectivity index is 1.98. The van der Waals surface area contributed by atoms with E-state index in [0.29, 0.717) is 5.69 Å². The molecule has 6 heteroatoms. The van der Waals surface area contributed by atoms with Gasteiger partial charge < -0.3 is 10.6 Å². The van der Waals surface area contributed by atoms with Crippen molar-refractivity contribution in [2.75, 3.05) is 5.32 Å². The van der Waals surface area contributed by atoms with E-state index in [1.54, 1.807) is 6.07 Å². The highest BCUT2D eigenvalue weighted by molar-refractivity contribution is 5.90. The van der Waals surface area contributed by atoms with Crippen LogP contribution in [0, 0.1) is 17.0 Å². The highest BCUT2D eigenvalue weighted by Gasteiger charge is 2.16. The van der Waals surface area contributed by atoms with Crippen molar-refractivity contribution in [1.82, 2.24) is 5.32 Å². The Labute approximate surface area is 124 Å². The number of rotatable bonds is 3. The van der Waals surface area contributed by atoms with Crippen LogP contribution < -0.4 is 10.6 Å². The standard InChI is InChI=1S/C15H21N3O3/c1-11-8-9-13(18(20)21)10-14(11)17-15(19)16-12-6-4-2-3-5-7-12/h8-10,12H,2-7H2,1H3,(H2,16,17,19). The van der Waals surface area contributed by atoms with E-state index in [1.807, 2.05) is 6.92 Å². The molecule has 114 valence electrons. The molecule has 0 bridgehead atoms. The SMILES string of the molecule is Cc1ccc([N+](=O)[O-])cc1NC(=O)NC1CCCCCC1. The molecule has 1 aromatic rings. The predicted molar refractivity (Wildman–Crippen MR) is 81.5 cm³/mol. The number of hydrogen-bond donors (Lipinski definition) is 2. The Morgan fingerprint density at radius 2 is 1.90 bits per heavy atom. The molecule has 21 heavy (non-hydrogen) atoms. The monoisotopic (exact) mass is 291 g/mol. The first kappa shape index (κ1) is 15.3. The van der Waals surface area contributed by atoms with E-state index in [-0.39, 0.29) is 17.8 Å². The smallest absolute Gasteiger partial charge is 0.319 e. The summed E-state index contributed by atoms with van der Waals surface area (Å²) < 4.78 is 0. The number of carbonyl (C=O) groups is 1. The van der Waals surface area contributed by atoms with Crippen LogP contribution >= 0.6 is 0 Å². The molecule has 2 N–H and O–H groups in total. The minimum atomic E-state index is -0.464. The number of non-ortho nitro benzene ring substituents is 1. The highest BCUT2D eigenvalue weighted by Crippen LogP contribution is 2.22. The molecule has 0 unspecified atom stereocenters. The number of nitro benzene ring substituents is 1. The summed E-state index contributed by atoms with van der Waals surface area (Å²) in [5, 5.41) is 16.5. The Kier molecular flexibility index (Phi) is 5.14. The molecule has 1 aromatic carbocycles. The second kappa shape index (κ2) is 7.06. The number of urea groups is 1. The Hall–Kier alpha value is -2.11. The fraction of sp³-hybridized carbons (Fsp3) is 0.533. The Morgan fingerprint density at radius 1 is 1.24 bits per heavy atom. The summed E-state index contributed by atoms with van der Waals surface area (Å²) in [5.74, 6) is 0. The highest BCUT2D eigenvalue weighted by atomic mass is 16.6. The third-order valence-corrected chi connectivity index (χ3v) is 3.87. The molecule has 0 saturated heterocycles. The molecule has 1 aliphatic carbocycles. The molecule has 0 spiro atoms. The molecule has 0 radical (unpaired) electrons. The number of anilines is 1. The number of aryl methyl sites for hydroxylation is 1. The number of amides is 2. The first-order valence-electron chi connectivity index (χ1n) is 7.39. The third kappa shape index (κ3) is 4.44. The van der Waals surface area contributed by atoms with Gasteiger partial charge in [-0.25, -0.2) is 4.79 Å². The lowest BCUT2D eigenvalue weighted by Crippen LogP contribution is -2.37. The van der Waals surface area contributed by atoms with Gasteiger partial charge in [0.05, 0.1) is 10.6 Å². The molecule has 0 atom stereocenters. The molecule has 2 amide bonds. The lowest BCUT2D eigenvalue weighted by molar-refractivity contribution is -0.384. The number of hydrogen-bond acceptors (Lipinski definition) is 3. The maximum Gasteiger partial charge on any atom is 0.319 e. The first-order chi connectivity index (χ1) is 10.1. The molecular formula is C15H21N3O3. The van der Waals surface area contributed by atoms with Crippen molar-refractivity contribution in [3.8, 4) is 0 Å². The van der Waals surface area contributed by atoms with Crippen molar-refractivity contribution in [1.29, 1.82) is 0 Å². The quantitative estimate of drug-likeness (QED) is 0.505. The molecule has 1 saturated carbocycles. The summed E-state index contributed by atoms with van der Waals surface area (Å²) in [5.41, 5.74) is 1.26. The van der Waals surface area contributed by atoms with Crippen LogP contribution in [0.1, 0.15) is 44.1 Å². The van der Waals surface area contributed by atoms with E-state index in [0.717, 1.165) is 31.2 Å². The molecule has 0 aliphatic heterocycles. The maximum atomic E-state index is 12.0. The van der Waals surface area contributed by atoms with Gasteiger partial charge in [0.2, 0.25) is 0 Å². The van der Waals surface area contributed by atoms with Crippen LogP contribution in [-0.2, 0) is 0 Å². The molecule has 0 aromatic heterocycles. The van der Waals surface area contributed by atoms with Gasteiger partial charge in [0.1, 0.15) is 0 Å². The van der Waals surface area contributed by atoms with E-state index in [1.165, 1.54) is 25.0 Å². The third-order valence-electron chi connectivity index (χ3n) is 3.87. The second-order valence-corrected chi connectivity index (χ2v) is 5.54. The van der Waals surface area contributed by atoms with Crippen molar-refractivity contribution >= 4 is 17.4 Å². The van der Waals surface area contributed by atoms with Crippen LogP contribution in [0.25, 0.3) is 0 Å². The van der Waals surface area contributed by atoms with Gasteiger partial charge in [-0.3, -0.25) is 10.1 Å². The van der Waals surface area contributed by atoms with Gasteiger partial charge in [0.15, 0.2) is 0 Å². The van der Waals surface area contributed by atoms with Crippen LogP contribution in [0.3, 0.4) is 0 Å². The van der Waals surface area contributed by atoms with Crippen LogP contribution in [-0.4, -0.2) is 17.0 Å². The van der Waals surface area contributed by atoms with Crippen LogP contribution in [0.15, 0.2) is 18.2 Å². The summed E-state index contributed by atoms with van der Waals surface area (Å²) in [6.07, 6.45) is 6.73. The van der Waals surface area contributed by atoms with Gasteiger partial charge in [-0.2, -0.15) is 0 Å². The van der Waals surface area contributed by atoms with Crippen molar-refractivity contribution in [2.45, 2.75) is 51.5 Å². The average molecular weight is 291 g/mol. The topological polar surface area (TPSA) is 84.3 Å². The second-order valence-electron chi connectivity index (χ2n) is 5.54. The Bertz CT molecular complexity index is 523. The minimum Gasteiger partial charge on any atom is -0.335 e. The molecule has 2 rings (SSSR count). The van der Waals surface area contributed by atoms with Crippen LogP contribution in [0.4, 0.5) is 16.2 Å². The van der Waals surface area contributed by atoms with E-state index in [2.05, 4.69) is 10.6 Å². The molecule has 0 heterocycles. The van der Waals surface area contributed by atoms with E-state index >= 15 is 0 Å². The maximum absolute atomic E-state index is 12.0. The van der Waals surface area contributed by atoms with Gasteiger partial charge in [-0.15, -0.1) is 0 Å². The zero-order valence-electron chi connectivity index (χ0n) is 12.2. The largest absolute Gasteiger partial charge is 0.335 e. The fourth-order valence-electron chi connectivity index (χ4n) is 2.63. The van der Waals surface area contributed by atoms with Gasteiger partial charge in [-0.1, -0.05) is 31.7 Å². The van der Waals surface area contributed by atoms with Crippen LogP contribution in [0.2, 0.25) is 0 Å². The average Bonchev–Trinajstić information content (AvgIpc) is 2.69. The Morgan fingerprint density at radius 3 is 2.52 bits per heavy atom. The lowest BCUT2D eigenvalue weighted by atomic mass is 10.1. The first-order valence-corrected chi connectivity index (χ1v) is 7.39. The van der Waals surface area contributed by atoms with Crippen molar-refractivity contribution < 1.29 is 9.72 Å². The van der Waals surface area contributed by atoms with Gasteiger partial charge in [0, 0.05) is 18.2 Å². The minimum absolute atomic E-state index is 0.0228.